The highest BCUT2D eigenvalue weighted by atomic mass is 16.3. The van der Waals surface area contributed by atoms with E-state index >= 15 is 0 Å². The molecular formula is C12H13NO. The van der Waals surface area contributed by atoms with E-state index in [-0.39, 0.29) is 6.04 Å². The molecule has 0 spiro atoms. The van der Waals surface area contributed by atoms with Crippen LogP contribution in [0.5, 0.6) is 5.75 Å². The topological polar surface area (TPSA) is 46.2 Å². The van der Waals surface area contributed by atoms with E-state index in [9.17, 15) is 5.11 Å². The standard InChI is InChI=1S/C12H13NO/c1-8(13)11-4-2-3-9-7-10(14)5-6-12(9)11/h2-8,14H,13H2,1H3. The Labute approximate surface area is 83.0 Å². The molecule has 3 N–H and O–H groups in total. The Morgan fingerprint density at radius 3 is 2.71 bits per heavy atom. The van der Waals surface area contributed by atoms with Crippen LogP contribution in [0.2, 0.25) is 0 Å². The first-order chi connectivity index (χ1) is 6.68. The van der Waals surface area contributed by atoms with Crippen molar-refractivity contribution >= 4 is 10.8 Å². The molecule has 2 rings (SSSR count). The van der Waals surface area contributed by atoms with E-state index in [4.69, 9.17) is 5.73 Å². The Bertz CT molecular complexity index is 463. The molecule has 0 fully saturated rings. The van der Waals surface area contributed by atoms with Crippen LogP contribution < -0.4 is 5.73 Å². The summed E-state index contributed by atoms with van der Waals surface area (Å²) in [4.78, 5) is 0. The monoisotopic (exact) mass is 187 g/mol. The summed E-state index contributed by atoms with van der Waals surface area (Å²) in [5.41, 5.74) is 6.97. The van der Waals surface area contributed by atoms with Gasteiger partial charge in [0, 0.05) is 6.04 Å². The van der Waals surface area contributed by atoms with Gasteiger partial charge in [0.15, 0.2) is 0 Å². The van der Waals surface area contributed by atoms with Gasteiger partial charge < -0.3 is 10.8 Å². The van der Waals surface area contributed by atoms with E-state index in [1.807, 2.05) is 31.2 Å². The highest BCUT2D eigenvalue weighted by Crippen LogP contribution is 2.25. The second-order valence-corrected chi connectivity index (χ2v) is 3.54. The van der Waals surface area contributed by atoms with Gasteiger partial charge in [0.25, 0.3) is 0 Å². The maximum Gasteiger partial charge on any atom is 0.116 e. The highest BCUT2D eigenvalue weighted by molar-refractivity contribution is 5.87. The van der Waals surface area contributed by atoms with Gasteiger partial charge in [-0.3, -0.25) is 0 Å². The van der Waals surface area contributed by atoms with Gasteiger partial charge in [-0.1, -0.05) is 24.3 Å². The fraction of sp³-hybridized carbons (Fsp3) is 0.167. The average molecular weight is 187 g/mol. The van der Waals surface area contributed by atoms with E-state index in [0.717, 1.165) is 16.3 Å². The van der Waals surface area contributed by atoms with Crippen LogP contribution in [0.4, 0.5) is 0 Å². The molecule has 0 heterocycles. The molecule has 2 aromatic rings. The fourth-order valence-corrected chi connectivity index (χ4v) is 1.69. The van der Waals surface area contributed by atoms with Crippen molar-refractivity contribution in [3.63, 3.8) is 0 Å². The average Bonchev–Trinajstić information content (AvgIpc) is 2.16. The van der Waals surface area contributed by atoms with Gasteiger partial charge in [-0.05, 0) is 35.4 Å². The lowest BCUT2D eigenvalue weighted by Crippen LogP contribution is -2.05. The van der Waals surface area contributed by atoms with Crippen molar-refractivity contribution in [1.82, 2.24) is 0 Å². The van der Waals surface area contributed by atoms with Crippen molar-refractivity contribution in [2.24, 2.45) is 5.73 Å². The van der Waals surface area contributed by atoms with Crippen LogP contribution in [-0.4, -0.2) is 5.11 Å². The number of rotatable bonds is 1. The first-order valence-corrected chi connectivity index (χ1v) is 4.66. The van der Waals surface area contributed by atoms with Crippen LogP contribution in [-0.2, 0) is 0 Å². The molecule has 0 aliphatic carbocycles. The molecule has 0 saturated heterocycles. The number of nitrogens with two attached hydrogens (primary N) is 1. The van der Waals surface area contributed by atoms with E-state index in [1.54, 1.807) is 12.1 Å². The van der Waals surface area contributed by atoms with Crippen LogP contribution in [0.15, 0.2) is 36.4 Å². The van der Waals surface area contributed by atoms with Crippen molar-refractivity contribution in [3.05, 3.63) is 42.0 Å². The maximum atomic E-state index is 9.33. The normalized spacial score (nSPS) is 13.0. The molecule has 2 heteroatoms. The SMILES string of the molecule is CC(N)c1cccc2cc(O)ccc12. The number of benzene rings is 2. The summed E-state index contributed by atoms with van der Waals surface area (Å²) < 4.78 is 0. The van der Waals surface area contributed by atoms with Crippen LogP contribution in [0, 0.1) is 0 Å². The minimum Gasteiger partial charge on any atom is -0.508 e. The molecule has 1 unspecified atom stereocenters. The molecule has 0 saturated carbocycles. The molecule has 72 valence electrons. The van der Waals surface area contributed by atoms with Gasteiger partial charge in [-0.25, -0.2) is 0 Å². The Kier molecular flexibility index (Phi) is 2.14. The molecule has 1 atom stereocenters. The summed E-state index contributed by atoms with van der Waals surface area (Å²) in [6.45, 7) is 1.96. The minimum atomic E-state index is 0.0169. The van der Waals surface area contributed by atoms with Crippen LogP contribution in [0.1, 0.15) is 18.5 Å². The molecule has 0 aliphatic rings. The number of hydrogen-bond acceptors (Lipinski definition) is 2. The van der Waals surface area contributed by atoms with E-state index in [1.165, 1.54) is 0 Å². The Balaban J connectivity index is 2.75. The number of fused-ring (bicyclic) bond motifs is 1. The number of aromatic hydroxyl groups is 1. The Morgan fingerprint density at radius 2 is 2.00 bits per heavy atom. The number of hydrogen-bond donors (Lipinski definition) is 2. The Hall–Kier alpha value is -1.54. The summed E-state index contributed by atoms with van der Waals surface area (Å²) in [7, 11) is 0. The number of phenolic OH excluding ortho intramolecular Hbond substituents is 1. The minimum absolute atomic E-state index is 0.0169. The molecule has 0 radical (unpaired) electrons. The zero-order chi connectivity index (χ0) is 10.1. The lowest BCUT2D eigenvalue weighted by molar-refractivity contribution is 0.476. The third kappa shape index (κ3) is 1.44. The van der Waals surface area contributed by atoms with E-state index in [2.05, 4.69) is 0 Å². The summed E-state index contributed by atoms with van der Waals surface area (Å²) in [5, 5.41) is 11.5. The van der Waals surface area contributed by atoms with Crippen LogP contribution in [0.3, 0.4) is 0 Å². The molecule has 2 aromatic carbocycles. The summed E-state index contributed by atoms with van der Waals surface area (Å²) >= 11 is 0. The quantitative estimate of drug-likeness (QED) is 0.720. The van der Waals surface area contributed by atoms with Gasteiger partial charge >= 0.3 is 0 Å². The van der Waals surface area contributed by atoms with Crippen molar-refractivity contribution in [2.45, 2.75) is 13.0 Å². The van der Waals surface area contributed by atoms with Gasteiger partial charge in [-0.15, -0.1) is 0 Å². The number of phenols is 1. The van der Waals surface area contributed by atoms with Crippen molar-refractivity contribution in [3.8, 4) is 5.75 Å². The molecule has 2 nitrogen and oxygen atoms in total. The van der Waals surface area contributed by atoms with Crippen molar-refractivity contribution in [1.29, 1.82) is 0 Å². The van der Waals surface area contributed by atoms with Crippen LogP contribution >= 0.6 is 0 Å². The first kappa shape index (κ1) is 9.03. The predicted octanol–water partition coefficient (Wildman–Crippen LogP) is 2.57. The molecular weight excluding hydrogens is 174 g/mol. The molecule has 0 amide bonds. The zero-order valence-electron chi connectivity index (χ0n) is 8.07. The van der Waals surface area contributed by atoms with Gasteiger partial charge in [-0.2, -0.15) is 0 Å². The highest BCUT2D eigenvalue weighted by Gasteiger charge is 2.04. The first-order valence-electron chi connectivity index (χ1n) is 4.66. The second kappa shape index (κ2) is 3.31. The largest absolute Gasteiger partial charge is 0.508 e. The molecule has 14 heavy (non-hydrogen) atoms. The summed E-state index contributed by atoms with van der Waals surface area (Å²) in [6, 6.07) is 11.3. The third-order valence-corrected chi connectivity index (χ3v) is 2.39. The lowest BCUT2D eigenvalue weighted by atomic mass is 10.00. The van der Waals surface area contributed by atoms with Gasteiger partial charge in [0.2, 0.25) is 0 Å². The second-order valence-electron chi connectivity index (χ2n) is 3.54. The predicted molar refractivity (Wildman–Crippen MR) is 58.2 cm³/mol. The zero-order valence-corrected chi connectivity index (χ0v) is 8.07. The van der Waals surface area contributed by atoms with Crippen molar-refractivity contribution < 1.29 is 5.11 Å². The molecule has 0 aliphatic heterocycles. The molecule has 0 bridgehead atoms. The summed E-state index contributed by atoms with van der Waals surface area (Å²) in [6.07, 6.45) is 0. The van der Waals surface area contributed by atoms with Gasteiger partial charge in [0.1, 0.15) is 5.75 Å². The van der Waals surface area contributed by atoms with Gasteiger partial charge in [0.05, 0.1) is 0 Å². The summed E-state index contributed by atoms with van der Waals surface area (Å²) in [5.74, 6) is 0.291. The fourth-order valence-electron chi connectivity index (χ4n) is 1.69. The van der Waals surface area contributed by atoms with E-state index in [0.29, 0.717) is 5.75 Å². The van der Waals surface area contributed by atoms with E-state index < -0.39 is 0 Å². The molecule has 0 aromatic heterocycles. The van der Waals surface area contributed by atoms with Crippen molar-refractivity contribution in [2.75, 3.05) is 0 Å². The third-order valence-electron chi connectivity index (χ3n) is 2.39. The van der Waals surface area contributed by atoms with Crippen LogP contribution in [0.25, 0.3) is 10.8 Å². The smallest absolute Gasteiger partial charge is 0.116 e. The Morgan fingerprint density at radius 1 is 1.21 bits per heavy atom. The maximum absolute atomic E-state index is 9.33. The lowest BCUT2D eigenvalue weighted by Gasteiger charge is -2.09.